The summed E-state index contributed by atoms with van der Waals surface area (Å²) < 4.78 is 0. The molecule has 138 valence electrons. The lowest BCUT2D eigenvalue weighted by Gasteiger charge is -2.25. The average Bonchev–Trinajstić information content (AvgIpc) is 2.66. The molecule has 0 amide bonds. The van der Waals surface area contributed by atoms with E-state index >= 15 is 0 Å². The topological polar surface area (TPSA) is 105 Å². The van der Waals surface area contributed by atoms with Gasteiger partial charge in [-0.1, -0.05) is 54.2 Å². The summed E-state index contributed by atoms with van der Waals surface area (Å²) in [5.41, 5.74) is 1.61. The van der Waals surface area contributed by atoms with Crippen LogP contribution in [0.4, 0.5) is 5.69 Å². The normalized spacial score (nSPS) is 19.1. The second kappa shape index (κ2) is 8.13. The number of hydrogen-bond donors (Lipinski definition) is 1. The molecule has 1 heterocycles. The number of rotatable bonds is 5. The van der Waals surface area contributed by atoms with Gasteiger partial charge in [0.2, 0.25) is 0 Å². The quantitative estimate of drug-likeness (QED) is 0.618. The molecule has 0 saturated heterocycles. The molecule has 0 aliphatic carbocycles. The number of nitro groups is 1. The van der Waals surface area contributed by atoms with Gasteiger partial charge in [0.05, 0.1) is 10.5 Å². The number of amidine groups is 1. The summed E-state index contributed by atoms with van der Waals surface area (Å²) >= 11 is 1.38. The molecule has 2 unspecified atom stereocenters. The summed E-state index contributed by atoms with van der Waals surface area (Å²) in [6.45, 7) is 1.62. The lowest BCUT2D eigenvalue weighted by atomic mass is 9.88. The van der Waals surface area contributed by atoms with Crippen LogP contribution < -0.4 is 0 Å². The SMILES string of the molecule is CC1=NC(SCc2ccccc2)=NC(c2ccccc2[N+](=O)[O-])C1C(=O)O. The zero-order valence-corrected chi connectivity index (χ0v) is 15.3. The summed E-state index contributed by atoms with van der Waals surface area (Å²) in [4.78, 5) is 31.5. The number of nitrogens with zero attached hydrogens (tertiary/aromatic N) is 3. The molecular weight excluding hydrogens is 366 g/mol. The van der Waals surface area contributed by atoms with Crippen LogP contribution in [0.2, 0.25) is 0 Å². The molecule has 27 heavy (non-hydrogen) atoms. The number of carboxylic acid groups (broad SMARTS) is 1. The van der Waals surface area contributed by atoms with Crippen molar-refractivity contribution in [3.05, 3.63) is 75.8 Å². The lowest BCUT2D eigenvalue weighted by Crippen LogP contribution is -2.31. The number of carboxylic acids is 1. The first-order chi connectivity index (χ1) is 13.0. The summed E-state index contributed by atoms with van der Waals surface area (Å²) in [7, 11) is 0. The minimum atomic E-state index is -1.10. The number of thioether (sulfide) groups is 1. The van der Waals surface area contributed by atoms with Gasteiger partial charge in [-0.05, 0) is 18.6 Å². The first-order valence-corrected chi connectivity index (χ1v) is 9.21. The number of hydrogen-bond acceptors (Lipinski definition) is 6. The van der Waals surface area contributed by atoms with Crippen molar-refractivity contribution in [2.75, 3.05) is 0 Å². The van der Waals surface area contributed by atoms with E-state index in [1.54, 1.807) is 25.1 Å². The number of aliphatic imine (C=N–C) groups is 2. The number of para-hydroxylation sites is 1. The van der Waals surface area contributed by atoms with E-state index in [0.29, 0.717) is 16.6 Å². The second-order valence-electron chi connectivity index (χ2n) is 6.02. The Kier molecular flexibility index (Phi) is 5.66. The molecular formula is C19H17N3O4S. The van der Waals surface area contributed by atoms with Crippen LogP contribution >= 0.6 is 11.8 Å². The van der Waals surface area contributed by atoms with E-state index in [1.807, 2.05) is 30.3 Å². The minimum Gasteiger partial charge on any atom is -0.481 e. The Morgan fingerprint density at radius 1 is 1.19 bits per heavy atom. The minimum absolute atomic E-state index is 0.139. The van der Waals surface area contributed by atoms with Crippen LogP contribution in [0.15, 0.2) is 64.6 Å². The predicted octanol–water partition coefficient (Wildman–Crippen LogP) is 4.10. The maximum absolute atomic E-state index is 11.8. The molecule has 2 aromatic carbocycles. The van der Waals surface area contributed by atoms with E-state index in [4.69, 9.17) is 0 Å². The number of nitro benzene ring substituents is 1. The van der Waals surface area contributed by atoms with Gasteiger partial charge >= 0.3 is 5.97 Å². The van der Waals surface area contributed by atoms with Crippen molar-refractivity contribution in [2.45, 2.75) is 18.7 Å². The van der Waals surface area contributed by atoms with E-state index in [-0.39, 0.29) is 11.3 Å². The van der Waals surface area contributed by atoms with Crippen LogP contribution in [0, 0.1) is 16.0 Å². The van der Waals surface area contributed by atoms with Crippen molar-refractivity contribution in [2.24, 2.45) is 15.9 Å². The highest BCUT2D eigenvalue weighted by Crippen LogP contribution is 2.37. The summed E-state index contributed by atoms with van der Waals surface area (Å²) in [6.07, 6.45) is 0. The molecule has 0 spiro atoms. The van der Waals surface area contributed by atoms with Crippen molar-refractivity contribution < 1.29 is 14.8 Å². The fourth-order valence-corrected chi connectivity index (χ4v) is 3.81. The van der Waals surface area contributed by atoms with Gasteiger partial charge < -0.3 is 5.11 Å². The monoisotopic (exact) mass is 383 g/mol. The van der Waals surface area contributed by atoms with E-state index in [0.717, 1.165) is 5.56 Å². The number of carbonyl (C=O) groups is 1. The van der Waals surface area contributed by atoms with E-state index in [1.165, 1.54) is 17.8 Å². The first kappa shape index (κ1) is 18.8. The Morgan fingerprint density at radius 2 is 1.85 bits per heavy atom. The Morgan fingerprint density at radius 3 is 2.52 bits per heavy atom. The second-order valence-corrected chi connectivity index (χ2v) is 6.96. The molecule has 3 rings (SSSR count). The third kappa shape index (κ3) is 4.22. The Balaban J connectivity index is 1.96. The summed E-state index contributed by atoms with van der Waals surface area (Å²) in [5.74, 6) is -1.51. The van der Waals surface area contributed by atoms with E-state index in [2.05, 4.69) is 9.98 Å². The highest BCUT2D eigenvalue weighted by molar-refractivity contribution is 8.13. The van der Waals surface area contributed by atoms with Crippen molar-refractivity contribution >= 4 is 34.3 Å². The van der Waals surface area contributed by atoms with Crippen LogP contribution in [0.25, 0.3) is 0 Å². The van der Waals surface area contributed by atoms with Gasteiger partial charge in [-0.15, -0.1) is 0 Å². The van der Waals surface area contributed by atoms with Crippen molar-refractivity contribution in [1.82, 2.24) is 0 Å². The van der Waals surface area contributed by atoms with Crippen LogP contribution in [-0.2, 0) is 10.5 Å². The van der Waals surface area contributed by atoms with Gasteiger partial charge in [0.25, 0.3) is 5.69 Å². The van der Waals surface area contributed by atoms with E-state index in [9.17, 15) is 20.0 Å². The third-order valence-corrected chi connectivity index (χ3v) is 5.15. The van der Waals surface area contributed by atoms with Crippen LogP contribution in [-0.4, -0.2) is 26.9 Å². The van der Waals surface area contributed by atoms with E-state index < -0.39 is 22.9 Å². The lowest BCUT2D eigenvalue weighted by molar-refractivity contribution is -0.385. The Bertz CT molecular complexity index is 928. The molecule has 0 fully saturated rings. The zero-order chi connectivity index (χ0) is 19.4. The van der Waals surface area contributed by atoms with Gasteiger partial charge in [-0.2, -0.15) is 0 Å². The third-order valence-electron chi connectivity index (χ3n) is 4.22. The molecule has 0 radical (unpaired) electrons. The number of benzene rings is 2. The first-order valence-electron chi connectivity index (χ1n) is 8.23. The smallest absolute Gasteiger partial charge is 0.314 e. The largest absolute Gasteiger partial charge is 0.481 e. The molecule has 8 heteroatoms. The van der Waals surface area contributed by atoms with Gasteiger partial charge in [0.15, 0.2) is 5.17 Å². The fourth-order valence-electron chi connectivity index (χ4n) is 2.93. The van der Waals surface area contributed by atoms with Crippen molar-refractivity contribution in [3.8, 4) is 0 Å². The van der Waals surface area contributed by atoms with Gasteiger partial charge in [0.1, 0.15) is 12.0 Å². The molecule has 0 bridgehead atoms. The van der Waals surface area contributed by atoms with Crippen LogP contribution in [0.1, 0.15) is 24.1 Å². The highest BCUT2D eigenvalue weighted by atomic mass is 32.2. The molecule has 0 saturated carbocycles. The standard InChI is InChI=1S/C19H17N3O4S/c1-12-16(18(23)24)17(14-9-5-6-10-15(14)22(25)26)21-19(20-12)27-11-13-7-3-2-4-8-13/h2-10,16-17H,11H2,1H3,(H,23,24). The zero-order valence-electron chi connectivity index (χ0n) is 14.5. The fraction of sp³-hybridized carbons (Fsp3) is 0.211. The summed E-state index contributed by atoms with van der Waals surface area (Å²) in [5, 5.41) is 21.5. The molecule has 1 aliphatic heterocycles. The number of aliphatic carboxylic acids is 1. The molecule has 7 nitrogen and oxygen atoms in total. The predicted molar refractivity (Wildman–Crippen MR) is 105 cm³/mol. The van der Waals surface area contributed by atoms with Gasteiger partial charge in [-0.25, -0.2) is 4.99 Å². The maximum Gasteiger partial charge on any atom is 0.314 e. The van der Waals surface area contributed by atoms with Crippen molar-refractivity contribution in [1.29, 1.82) is 0 Å². The molecule has 2 aromatic rings. The van der Waals surface area contributed by atoms with Gasteiger partial charge in [-0.3, -0.25) is 19.9 Å². The highest BCUT2D eigenvalue weighted by Gasteiger charge is 2.38. The summed E-state index contributed by atoms with van der Waals surface area (Å²) in [6, 6.07) is 15.0. The maximum atomic E-state index is 11.8. The average molecular weight is 383 g/mol. The molecule has 1 N–H and O–H groups in total. The Labute approximate surface area is 160 Å². The van der Waals surface area contributed by atoms with Gasteiger partial charge in [0, 0.05) is 17.5 Å². The van der Waals surface area contributed by atoms with Crippen molar-refractivity contribution in [3.63, 3.8) is 0 Å². The molecule has 1 aliphatic rings. The van der Waals surface area contributed by atoms with Crippen LogP contribution in [0.3, 0.4) is 0 Å². The Hall–Kier alpha value is -3.00. The van der Waals surface area contributed by atoms with Crippen LogP contribution in [0.5, 0.6) is 0 Å². The molecule has 2 atom stereocenters. The molecule has 0 aromatic heterocycles.